The van der Waals surface area contributed by atoms with E-state index in [1.54, 1.807) is 6.92 Å². The second-order valence-corrected chi connectivity index (χ2v) is 7.99. The van der Waals surface area contributed by atoms with Crippen molar-refractivity contribution in [1.29, 1.82) is 0 Å². The summed E-state index contributed by atoms with van der Waals surface area (Å²) in [6, 6.07) is 14.9. The van der Waals surface area contributed by atoms with Crippen LogP contribution in [0.4, 0.5) is 5.69 Å². The molecule has 0 saturated carbocycles. The number of fused-ring (bicyclic) bond motifs is 1. The molecular formula is C23H21N3O2S. The van der Waals surface area contributed by atoms with Crippen molar-refractivity contribution in [2.24, 2.45) is 0 Å². The van der Waals surface area contributed by atoms with Gasteiger partial charge in [0.1, 0.15) is 10.9 Å². The lowest BCUT2D eigenvalue weighted by Gasteiger charge is -2.16. The third-order valence-electron chi connectivity index (χ3n) is 5.08. The molecule has 29 heavy (non-hydrogen) atoms. The monoisotopic (exact) mass is 403 g/mol. The Morgan fingerprint density at radius 3 is 2.55 bits per heavy atom. The van der Waals surface area contributed by atoms with E-state index in [4.69, 9.17) is 0 Å². The van der Waals surface area contributed by atoms with Crippen molar-refractivity contribution in [2.45, 2.75) is 26.8 Å². The van der Waals surface area contributed by atoms with Crippen LogP contribution in [0, 0.1) is 13.8 Å². The minimum absolute atomic E-state index is 0.209. The fraction of sp³-hybridized carbons (Fsp3) is 0.174. The number of hydrogen-bond acceptors (Lipinski definition) is 4. The predicted octanol–water partition coefficient (Wildman–Crippen LogP) is 4.94. The van der Waals surface area contributed by atoms with E-state index in [9.17, 15) is 9.59 Å². The predicted molar refractivity (Wildman–Crippen MR) is 119 cm³/mol. The lowest BCUT2D eigenvalue weighted by Crippen LogP contribution is -2.31. The van der Waals surface area contributed by atoms with Crippen molar-refractivity contribution in [3.63, 3.8) is 0 Å². The van der Waals surface area contributed by atoms with Gasteiger partial charge in [-0.1, -0.05) is 48.0 Å². The molecule has 1 amide bonds. The van der Waals surface area contributed by atoms with Gasteiger partial charge in [0, 0.05) is 16.6 Å². The molecule has 0 aliphatic rings. The second kappa shape index (κ2) is 7.64. The van der Waals surface area contributed by atoms with E-state index in [0.717, 1.165) is 27.9 Å². The van der Waals surface area contributed by atoms with E-state index in [2.05, 4.69) is 10.3 Å². The van der Waals surface area contributed by atoms with E-state index in [-0.39, 0.29) is 11.5 Å². The van der Waals surface area contributed by atoms with E-state index in [0.29, 0.717) is 10.2 Å². The van der Waals surface area contributed by atoms with Gasteiger partial charge < -0.3 is 5.32 Å². The fourth-order valence-electron chi connectivity index (χ4n) is 3.24. The fourth-order valence-corrected chi connectivity index (χ4v) is 4.15. The zero-order valence-electron chi connectivity index (χ0n) is 16.5. The molecule has 2 heterocycles. The first-order valence-corrected chi connectivity index (χ1v) is 10.3. The van der Waals surface area contributed by atoms with Gasteiger partial charge in [0.05, 0.1) is 11.7 Å². The summed E-state index contributed by atoms with van der Waals surface area (Å²) >= 11 is 1.44. The van der Waals surface area contributed by atoms with Gasteiger partial charge in [-0.2, -0.15) is 0 Å². The van der Waals surface area contributed by atoms with Gasteiger partial charge in [-0.3, -0.25) is 14.2 Å². The molecule has 4 aromatic rings. The summed E-state index contributed by atoms with van der Waals surface area (Å²) in [6.45, 7) is 5.67. The third-order valence-corrected chi connectivity index (χ3v) is 5.97. The number of benzene rings is 2. The largest absolute Gasteiger partial charge is 0.324 e. The maximum atomic E-state index is 13.3. The molecule has 1 atom stereocenters. The van der Waals surface area contributed by atoms with Crippen LogP contribution in [-0.4, -0.2) is 15.5 Å². The Bertz CT molecular complexity index is 1260. The number of amides is 1. The molecule has 0 aliphatic carbocycles. The highest BCUT2D eigenvalue weighted by Gasteiger charge is 2.20. The van der Waals surface area contributed by atoms with Crippen LogP contribution in [0.25, 0.3) is 21.3 Å². The summed E-state index contributed by atoms with van der Waals surface area (Å²) in [6.07, 6.45) is 1.46. The molecular weight excluding hydrogens is 382 g/mol. The highest BCUT2D eigenvalue weighted by atomic mass is 32.1. The first-order valence-electron chi connectivity index (χ1n) is 9.37. The summed E-state index contributed by atoms with van der Waals surface area (Å²) in [5, 5.41) is 5.41. The van der Waals surface area contributed by atoms with Crippen molar-refractivity contribution in [1.82, 2.24) is 9.55 Å². The minimum Gasteiger partial charge on any atom is -0.324 e. The Kier molecular flexibility index (Phi) is 5.03. The van der Waals surface area contributed by atoms with Crippen LogP contribution in [-0.2, 0) is 4.79 Å². The van der Waals surface area contributed by atoms with E-state index in [1.165, 1.54) is 22.2 Å². The number of rotatable bonds is 4. The quantitative estimate of drug-likeness (QED) is 0.525. The van der Waals surface area contributed by atoms with Crippen LogP contribution in [0.5, 0.6) is 0 Å². The van der Waals surface area contributed by atoms with Crippen molar-refractivity contribution in [3.05, 3.63) is 81.7 Å². The number of anilines is 1. The number of nitrogens with zero attached hydrogens (tertiary/aromatic N) is 2. The summed E-state index contributed by atoms with van der Waals surface area (Å²) in [5.41, 5.74) is 4.47. The average Bonchev–Trinajstić information content (AvgIpc) is 3.15. The maximum absolute atomic E-state index is 13.3. The highest BCUT2D eigenvalue weighted by molar-refractivity contribution is 7.17. The van der Waals surface area contributed by atoms with E-state index in [1.807, 2.05) is 67.8 Å². The molecule has 0 aliphatic heterocycles. The molecule has 0 radical (unpaired) electrons. The van der Waals surface area contributed by atoms with Crippen LogP contribution in [0.15, 0.2) is 65.0 Å². The Labute approximate surface area is 172 Å². The normalized spacial score (nSPS) is 12.1. The smallest absolute Gasteiger partial charge is 0.263 e. The van der Waals surface area contributed by atoms with Crippen LogP contribution < -0.4 is 10.9 Å². The molecule has 4 rings (SSSR count). The molecule has 0 fully saturated rings. The molecule has 146 valence electrons. The number of carbonyl (C=O) groups is 1. The van der Waals surface area contributed by atoms with Crippen molar-refractivity contribution in [3.8, 4) is 11.1 Å². The van der Waals surface area contributed by atoms with Gasteiger partial charge in [0.15, 0.2) is 0 Å². The van der Waals surface area contributed by atoms with E-state index >= 15 is 0 Å². The standard InChI is InChI=1S/C23H21N3O2S/c1-14-8-10-17(11-9-14)18-12-29-22-20(18)23(28)26(13-24-22)16(3)21(27)25-19-7-5-4-6-15(19)2/h4-13,16H,1-3H3,(H,25,27)/t16-/m1/s1. The number of carbonyl (C=O) groups excluding carboxylic acids is 1. The first-order chi connectivity index (χ1) is 14.0. The average molecular weight is 404 g/mol. The van der Waals surface area contributed by atoms with Crippen LogP contribution in [0.2, 0.25) is 0 Å². The molecule has 2 aromatic heterocycles. The molecule has 0 unspecified atom stereocenters. The second-order valence-electron chi connectivity index (χ2n) is 7.13. The van der Waals surface area contributed by atoms with Gasteiger partial charge >= 0.3 is 0 Å². The van der Waals surface area contributed by atoms with Gasteiger partial charge in [-0.25, -0.2) is 4.98 Å². The Morgan fingerprint density at radius 1 is 1.10 bits per heavy atom. The van der Waals surface area contributed by atoms with Gasteiger partial charge in [0.2, 0.25) is 5.91 Å². The molecule has 6 heteroatoms. The van der Waals surface area contributed by atoms with Crippen LogP contribution in [0.1, 0.15) is 24.1 Å². The minimum atomic E-state index is -0.690. The van der Waals surface area contributed by atoms with Crippen LogP contribution in [0.3, 0.4) is 0 Å². The highest BCUT2D eigenvalue weighted by Crippen LogP contribution is 2.31. The topological polar surface area (TPSA) is 64.0 Å². The summed E-state index contributed by atoms with van der Waals surface area (Å²) in [7, 11) is 0. The molecule has 1 N–H and O–H groups in total. The number of para-hydroxylation sites is 1. The lowest BCUT2D eigenvalue weighted by atomic mass is 10.0. The van der Waals surface area contributed by atoms with Gasteiger partial charge in [0.25, 0.3) is 5.56 Å². The van der Waals surface area contributed by atoms with Gasteiger partial charge in [-0.15, -0.1) is 11.3 Å². The van der Waals surface area contributed by atoms with Gasteiger partial charge in [-0.05, 0) is 38.0 Å². The Morgan fingerprint density at radius 2 is 1.83 bits per heavy atom. The molecule has 0 spiro atoms. The zero-order chi connectivity index (χ0) is 20.5. The first kappa shape index (κ1) is 19.1. The summed E-state index contributed by atoms with van der Waals surface area (Å²) < 4.78 is 1.40. The molecule has 0 saturated heterocycles. The molecule has 0 bridgehead atoms. The zero-order valence-corrected chi connectivity index (χ0v) is 17.3. The number of aromatic nitrogens is 2. The maximum Gasteiger partial charge on any atom is 0.263 e. The summed E-state index contributed by atoms with van der Waals surface area (Å²) in [4.78, 5) is 31.2. The van der Waals surface area contributed by atoms with Crippen molar-refractivity contribution in [2.75, 3.05) is 5.32 Å². The number of hydrogen-bond donors (Lipinski definition) is 1. The molecule has 2 aromatic carbocycles. The Hall–Kier alpha value is -3.25. The number of aryl methyl sites for hydroxylation is 2. The molecule has 5 nitrogen and oxygen atoms in total. The van der Waals surface area contributed by atoms with E-state index < -0.39 is 6.04 Å². The number of nitrogens with one attached hydrogen (secondary N) is 1. The summed E-state index contributed by atoms with van der Waals surface area (Å²) in [5.74, 6) is -0.255. The third kappa shape index (κ3) is 3.59. The lowest BCUT2D eigenvalue weighted by molar-refractivity contribution is -0.118. The van der Waals surface area contributed by atoms with Crippen LogP contribution >= 0.6 is 11.3 Å². The number of thiophene rings is 1. The Balaban J connectivity index is 1.72. The van der Waals surface area contributed by atoms with Crippen molar-refractivity contribution < 1.29 is 4.79 Å². The van der Waals surface area contributed by atoms with Crippen molar-refractivity contribution >= 4 is 33.1 Å². The SMILES string of the molecule is Cc1ccc(-c2csc3ncn([C@H](C)C(=O)Nc4ccccc4C)c(=O)c23)cc1.